The zero-order chi connectivity index (χ0) is 22.2. The summed E-state index contributed by atoms with van der Waals surface area (Å²) >= 11 is 0. The Labute approximate surface area is 178 Å². The summed E-state index contributed by atoms with van der Waals surface area (Å²) in [6.07, 6.45) is 0. The van der Waals surface area contributed by atoms with Gasteiger partial charge in [-0.25, -0.2) is 13.8 Å². The molecule has 0 atom stereocenters. The van der Waals surface area contributed by atoms with Crippen LogP contribution in [0, 0.1) is 11.6 Å². The Balaban J connectivity index is 2.01. The number of carbonyl (C=O) groups is 1. The van der Waals surface area contributed by atoms with Crippen molar-refractivity contribution in [3.8, 4) is 0 Å². The van der Waals surface area contributed by atoms with Crippen LogP contribution in [-0.2, 0) is 12.1 Å². The van der Waals surface area contributed by atoms with Gasteiger partial charge in [-0.05, 0) is 60.5 Å². The average molecular weight is 421 g/mol. The highest BCUT2D eigenvalue weighted by atomic mass is 19.1. The molecule has 0 radical (unpaired) electrons. The summed E-state index contributed by atoms with van der Waals surface area (Å²) in [6.45, 7) is 2.35. The van der Waals surface area contributed by atoms with E-state index in [0.29, 0.717) is 34.3 Å². The molecule has 0 unspecified atom stereocenters. The van der Waals surface area contributed by atoms with Gasteiger partial charge < -0.3 is 15.0 Å². The van der Waals surface area contributed by atoms with Crippen LogP contribution in [0.15, 0.2) is 66.7 Å². The van der Waals surface area contributed by atoms with Crippen molar-refractivity contribution in [2.45, 2.75) is 19.1 Å². The van der Waals surface area contributed by atoms with E-state index in [1.165, 1.54) is 48.5 Å². The lowest BCUT2D eigenvalue weighted by Gasteiger charge is -2.29. The summed E-state index contributed by atoms with van der Waals surface area (Å²) in [7, 11) is 1.55. The van der Waals surface area contributed by atoms with Gasteiger partial charge in [0.25, 0.3) is 5.91 Å². The Kier molecular flexibility index (Phi) is 5.29. The predicted octanol–water partition coefficient (Wildman–Crippen LogP) is 3.98. The topological polar surface area (TPSA) is 67.1 Å². The molecule has 0 saturated heterocycles. The van der Waals surface area contributed by atoms with Gasteiger partial charge >= 0.3 is 0 Å². The maximum absolute atomic E-state index is 13.6. The summed E-state index contributed by atoms with van der Waals surface area (Å²) in [5.41, 5.74) is 0.717. The van der Waals surface area contributed by atoms with E-state index in [4.69, 9.17) is 0 Å². The third-order valence-electron chi connectivity index (χ3n) is 5.40. The van der Waals surface area contributed by atoms with Gasteiger partial charge in [0.15, 0.2) is 11.4 Å². The van der Waals surface area contributed by atoms with Gasteiger partial charge in [-0.15, -0.1) is 0 Å². The first-order valence-electron chi connectivity index (χ1n) is 9.85. The molecule has 158 valence electrons. The number of hydrogen-bond acceptors (Lipinski definition) is 3. The van der Waals surface area contributed by atoms with E-state index in [-0.39, 0.29) is 11.7 Å². The maximum Gasteiger partial charge on any atom is 0.251 e. The molecule has 4 rings (SSSR count). The normalized spacial score (nSPS) is 11.6. The van der Waals surface area contributed by atoms with Crippen LogP contribution in [0.1, 0.15) is 34.2 Å². The Morgan fingerprint density at radius 1 is 1.00 bits per heavy atom. The molecule has 0 aliphatic carbocycles. The minimum absolute atomic E-state index is 0.236. The summed E-state index contributed by atoms with van der Waals surface area (Å²) in [4.78, 5) is 16.8. The molecule has 0 fully saturated rings. The number of imidazole rings is 1. The van der Waals surface area contributed by atoms with Gasteiger partial charge in [0.1, 0.15) is 11.6 Å². The molecule has 4 aromatic rings. The third kappa shape index (κ3) is 3.47. The van der Waals surface area contributed by atoms with E-state index in [9.17, 15) is 18.7 Å². The van der Waals surface area contributed by atoms with E-state index in [2.05, 4.69) is 10.3 Å². The minimum atomic E-state index is -1.77. The van der Waals surface area contributed by atoms with Gasteiger partial charge in [-0.1, -0.05) is 24.3 Å². The van der Waals surface area contributed by atoms with Crippen LogP contribution in [0.4, 0.5) is 8.78 Å². The highest BCUT2D eigenvalue weighted by Crippen LogP contribution is 2.38. The first-order chi connectivity index (χ1) is 14.9. The average Bonchev–Trinajstić information content (AvgIpc) is 3.17. The SMILES string of the molecule is CCn1c(C(O)(c2ccc(F)cc2)c2ccc(F)cc2)nc2ccc(C(=O)NC)cc21. The second-order valence-corrected chi connectivity index (χ2v) is 7.19. The van der Waals surface area contributed by atoms with Crippen molar-refractivity contribution < 1.29 is 18.7 Å². The van der Waals surface area contributed by atoms with Gasteiger partial charge in [0.05, 0.1) is 11.0 Å². The van der Waals surface area contributed by atoms with Crippen LogP contribution >= 0.6 is 0 Å². The number of fused-ring (bicyclic) bond motifs is 1. The van der Waals surface area contributed by atoms with Crippen LogP contribution in [0.2, 0.25) is 0 Å². The monoisotopic (exact) mass is 421 g/mol. The second kappa shape index (κ2) is 7.92. The Hall–Kier alpha value is -3.58. The Morgan fingerprint density at radius 2 is 1.55 bits per heavy atom. The number of aliphatic hydroxyl groups is 1. The van der Waals surface area contributed by atoms with E-state index in [0.717, 1.165) is 0 Å². The molecule has 31 heavy (non-hydrogen) atoms. The van der Waals surface area contributed by atoms with Crippen LogP contribution < -0.4 is 5.32 Å². The number of benzene rings is 3. The molecule has 1 aromatic heterocycles. The van der Waals surface area contributed by atoms with Crippen LogP contribution in [0.5, 0.6) is 0 Å². The molecule has 5 nitrogen and oxygen atoms in total. The molecule has 1 heterocycles. The Morgan fingerprint density at radius 3 is 2.03 bits per heavy atom. The van der Waals surface area contributed by atoms with Gasteiger partial charge in [0.2, 0.25) is 0 Å². The molecule has 0 saturated carbocycles. The van der Waals surface area contributed by atoms with Gasteiger partial charge in [-0.3, -0.25) is 4.79 Å². The minimum Gasteiger partial charge on any atom is -0.373 e. The van der Waals surface area contributed by atoms with Crippen LogP contribution in [0.25, 0.3) is 11.0 Å². The fraction of sp³-hybridized carbons (Fsp3) is 0.167. The molecule has 2 N–H and O–H groups in total. The lowest BCUT2D eigenvalue weighted by atomic mass is 9.85. The van der Waals surface area contributed by atoms with Crippen molar-refractivity contribution in [1.29, 1.82) is 0 Å². The molecular formula is C24H21F2N3O2. The summed E-state index contributed by atoms with van der Waals surface area (Å²) in [6, 6.07) is 16.0. The number of amides is 1. The quantitative estimate of drug-likeness (QED) is 0.512. The number of aromatic nitrogens is 2. The lowest BCUT2D eigenvalue weighted by molar-refractivity contribution is 0.0963. The smallest absolute Gasteiger partial charge is 0.251 e. The zero-order valence-corrected chi connectivity index (χ0v) is 17.1. The van der Waals surface area contributed by atoms with Crippen molar-refractivity contribution in [2.75, 3.05) is 7.05 Å². The molecule has 0 spiro atoms. The van der Waals surface area contributed by atoms with Crippen LogP contribution in [0.3, 0.4) is 0 Å². The molecule has 7 heteroatoms. The molecule has 0 bridgehead atoms. The summed E-state index contributed by atoms with van der Waals surface area (Å²) in [5.74, 6) is -0.828. The highest BCUT2D eigenvalue weighted by molar-refractivity contribution is 5.97. The van der Waals surface area contributed by atoms with E-state index in [1.807, 2.05) is 6.92 Å². The number of halogens is 2. The third-order valence-corrected chi connectivity index (χ3v) is 5.40. The van der Waals surface area contributed by atoms with Crippen molar-refractivity contribution >= 4 is 16.9 Å². The van der Waals surface area contributed by atoms with E-state index < -0.39 is 17.2 Å². The predicted molar refractivity (Wildman–Crippen MR) is 114 cm³/mol. The fourth-order valence-corrected chi connectivity index (χ4v) is 3.81. The highest BCUT2D eigenvalue weighted by Gasteiger charge is 2.39. The number of rotatable bonds is 5. The molecule has 0 aliphatic rings. The van der Waals surface area contributed by atoms with Gasteiger partial charge in [-0.2, -0.15) is 0 Å². The second-order valence-electron chi connectivity index (χ2n) is 7.19. The molecule has 3 aromatic carbocycles. The number of nitrogens with zero attached hydrogens (tertiary/aromatic N) is 2. The standard InChI is InChI=1S/C24H21F2N3O2/c1-3-29-21-14-15(22(30)27-2)4-13-20(21)28-23(29)24(31,16-5-9-18(25)10-6-16)17-7-11-19(26)12-8-17/h4-14,31H,3H2,1-2H3,(H,27,30). The lowest BCUT2D eigenvalue weighted by Crippen LogP contribution is -2.32. The van der Waals surface area contributed by atoms with E-state index >= 15 is 0 Å². The summed E-state index contributed by atoms with van der Waals surface area (Å²) < 4.78 is 29.0. The molecule has 1 amide bonds. The largest absolute Gasteiger partial charge is 0.373 e. The van der Waals surface area contributed by atoms with Crippen molar-refractivity contribution in [3.63, 3.8) is 0 Å². The molecule has 0 aliphatic heterocycles. The first kappa shape index (κ1) is 20.7. The van der Waals surface area contributed by atoms with Crippen LogP contribution in [-0.4, -0.2) is 27.6 Å². The number of aryl methyl sites for hydroxylation is 1. The first-order valence-corrected chi connectivity index (χ1v) is 9.85. The van der Waals surface area contributed by atoms with E-state index in [1.54, 1.807) is 29.8 Å². The van der Waals surface area contributed by atoms with Gasteiger partial charge in [0, 0.05) is 19.2 Å². The van der Waals surface area contributed by atoms with Crippen molar-refractivity contribution in [1.82, 2.24) is 14.9 Å². The fourth-order valence-electron chi connectivity index (χ4n) is 3.81. The maximum atomic E-state index is 13.6. The zero-order valence-electron chi connectivity index (χ0n) is 17.1. The van der Waals surface area contributed by atoms with Crippen molar-refractivity contribution in [3.05, 3.63) is 101 Å². The Bertz CT molecular complexity index is 1200. The number of hydrogen-bond donors (Lipinski definition) is 2. The number of nitrogens with one attached hydrogen (secondary N) is 1. The summed E-state index contributed by atoms with van der Waals surface area (Å²) in [5, 5.41) is 14.6. The van der Waals surface area contributed by atoms with Crippen molar-refractivity contribution in [2.24, 2.45) is 0 Å². The molecular weight excluding hydrogens is 400 g/mol. The number of carbonyl (C=O) groups excluding carboxylic acids is 1.